The van der Waals surface area contributed by atoms with Crippen LogP contribution in [0.15, 0.2) is 90.0 Å². The Labute approximate surface area is 239 Å². The minimum atomic E-state index is -3.83. The van der Waals surface area contributed by atoms with Gasteiger partial charge in [0.1, 0.15) is 0 Å². The number of fused-ring (bicyclic) bond motifs is 1. The highest BCUT2D eigenvalue weighted by Gasteiger charge is 2.29. The van der Waals surface area contributed by atoms with Gasteiger partial charge in [0, 0.05) is 36.7 Å². The van der Waals surface area contributed by atoms with E-state index in [0.717, 1.165) is 22.0 Å². The first-order valence-corrected chi connectivity index (χ1v) is 15.4. The number of carbonyl (C=O) groups excluding carboxylic acids is 1. The summed E-state index contributed by atoms with van der Waals surface area (Å²) in [5.41, 5.74) is 4.47. The summed E-state index contributed by atoms with van der Waals surface area (Å²) in [4.78, 5) is 19.2. The molecule has 7 heteroatoms. The minimum absolute atomic E-state index is 0.0342. The van der Waals surface area contributed by atoms with E-state index >= 15 is 0 Å². The number of aromatic amines is 1. The van der Waals surface area contributed by atoms with Gasteiger partial charge in [0.05, 0.1) is 11.4 Å². The molecule has 0 fully saturated rings. The summed E-state index contributed by atoms with van der Waals surface area (Å²) >= 11 is 0. The molecule has 3 aromatic carbocycles. The maximum atomic E-state index is 13.9. The zero-order chi connectivity index (χ0) is 28.9. The van der Waals surface area contributed by atoms with Crippen LogP contribution in [0.2, 0.25) is 0 Å². The summed E-state index contributed by atoms with van der Waals surface area (Å²) in [6.07, 6.45) is 2.65. The number of nitrogens with one attached hydrogen (secondary N) is 1. The van der Waals surface area contributed by atoms with Gasteiger partial charge in [-0.1, -0.05) is 95.3 Å². The predicted molar refractivity (Wildman–Crippen MR) is 163 cm³/mol. The van der Waals surface area contributed by atoms with E-state index in [1.807, 2.05) is 38.2 Å². The summed E-state index contributed by atoms with van der Waals surface area (Å²) in [6, 6.07) is 24.9. The second-order valence-corrected chi connectivity index (χ2v) is 13.8. The fourth-order valence-electron chi connectivity index (χ4n) is 4.86. The van der Waals surface area contributed by atoms with E-state index in [0.29, 0.717) is 19.5 Å². The molecule has 1 N–H and O–H groups in total. The third-order valence-electron chi connectivity index (χ3n) is 7.13. The van der Waals surface area contributed by atoms with E-state index in [1.54, 1.807) is 35.2 Å². The lowest BCUT2D eigenvalue weighted by atomic mass is 9.87. The number of carbonyl (C=O) groups is 1. The summed E-state index contributed by atoms with van der Waals surface area (Å²) in [7, 11) is -3.83. The molecule has 0 unspecified atom stereocenters. The summed E-state index contributed by atoms with van der Waals surface area (Å²) in [6.45, 7) is 11.4. The molecule has 0 aliphatic rings. The molecule has 1 amide bonds. The van der Waals surface area contributed by atoms with Crippen LogP contribution in [0.5, 0.6) is 0 Å². The van der Waals surface area contributed by atoms with Gasteiger partial charge in [-0.15, -0.1) is 0 Å². The quantitative estimate of drug-likeness (QED) is 0.232. The highest BCUT2D eigenvalue weighted by molar-refractivity contribution is 7.89. The topological polar surface area (TPSA) is 73.5 Å². The monoisotopic (exact) mass is 559 g/mol. The number of rotatable bonds is 11. The van der Waals surface area contributed by atoms with Crippen LogP contribution < -0.4 is 0 Å². The first kappa shape index (κ1) is 29.6. The Bertz CT molecular complexity index is 1520. The normalized spacial score (nSPS) is 12.4. The van der Waals surface area contributed by atoms with Crippen molar-refractivity contribution in [3.8, 4) is 0 Å². The molecule has 6 nitrogen and oxygen atoms in total. The van der Waals surface area contributed by atoms with Crippen molar-refractivity contribution in [3.05, 3.63) is 102 Å². The number of hydrogen-bond acceptors (Lipinski definition) is 3. The summed E-state index contributed by atoms with van der Waals surface area (Å²) in [5.74, 6) is -0.143. The molecule has 212 valence electrons. The Hall–Kier alpha value is -3.42. The van der Waals surface area contributed by atoms with Gasteiger partial charge in [-0.3, -0.25) is 4.79 Å². The van der Waals surface area contributed by atoms with E-state index in [-0.39, 0.29) is 35.2 Å². The van der Waals surface area contributed by atoms with E-state index in [1.165, 1.54) is 9.87 Å². The molecule has 1 aromatic heterocycles. The van der Waals surface area contributed by atoms with Crippen molar-refractivity contribution in [2.24, 2.45) is 5.92 Å². The van der Waals surface area contributed by atoms with Crippen LogP contribution in [0, 0.1) is 5.92 Å². The molecule has 0 saturated carbocycles. The fraction of sp³-hybridized carbons (Fsp3) is 0.364. The van der Waals surface area contributed by atoms with Gasteiger partial charge in [-0.05, 0) is 52.6 Å². The zero-order valence-electron chi connectivity index (χ0n) is 24.2. The fourth-order valence-corrected chi connectivity index (χ4v) is 6.44. The number of para-hydroxylation sites is 1. The van der Waals surface area contributed by atoms with Crippen molar-refractivity contribution >= 4 is 26.8 Å². The number of benzene rings is 3. The van der Waals surface area contributed by atoms with Crippen LogP contribution in [0.25, 0.3) is 10.9 Å². The molecule has 0 bridgehead atoms. The number of H-pyrrole nitrogens is 1. The van der Waals surface area contributed by atoms with Crippen LogP contribution in [0.4, 0.5) is 0 Å². The number of amides is 1. The van der Waals surface area contributed by atoms with Gasteiger partial charge >= 0.3 is 0 Å². The Morgan fingerprint density at radius 2 is 1.55 bits per heavy atom. The van der Waals surface area contributed by atoms with Gasteiger partial charge in [-0.25, -0.2) is 8.42 Å². The maximum absolute atomic E-state index is 13.9. The Morgan fingerprint density at radius 3 is 2.20 bits per heavy atom. The molecule has 40 heavy (non-hydrogen) atoms. The molecule has 1 heterocycles. The molecule has 0 aliphatic heterocycles. The van der Waals surface area contributed by atoms with Crippen molar-refractivity contribution in [1.82, 2.24) is 14.2 Å². The van der Waals surface area contributed by atoms with Crippen LogP contribution in [0.3, 0.4) is 0 Å². The highest BCUT2D eigenvalue weighted by Crippen LogP contribution is 2.24. The van der Waals surface area contributed by atoms with Gasteiger partial charge < -0.3 is 9.88 Å². The van der Waals surface area contributed by atoms with Crippen LogP contribution >= 0.6 is 0 Å². The molecular formula is C33H41N3O3S. The molecule has 0 spiro atoms. The van der Waals surface area contributed by atoms with Crippen molar-refractivity contribution in [1.29, 1.82) is 0 Å². The summed E-state index contributed by atoms with van der Waals surface area (Å²) in [5, 5.41) is 1.14. The van der Waals surface area contributed by atoms with Crippen molar-refractivity contribution in [3.63, 3.8) is 0 Å². The summed E-state index contributed by atoms with van der Waals surface area (Å²) < 4.78 is 28.4. The molecular weight excluding hydrogens is 518 g/mol. The number of aromatic nitrogens is 1. The van der Waals surface area contributed by atoms with E-state index < -0.39 is 10.0 Å². The van der Waals surface area contributed by atoms with Gasteiger partial charge in [0.25, 0.3) is 0 Å². The lowest BCUT2D eigenvalue weighted by Gasteiger charge is -2.28. The smallest absolute Gasteiger partial charge is 0.243 e. The minimum Gasteiger partial charge on any atom is -0.361 e. The first-order valence-electron chi connectivity index (χ1n) is 13.9. The molecule has 0 atom stereocenters. The number of hydrogen-bond donors (Lipinski definition) is 1. The molecule has 4 rings (SSSR count). The van der Waals surface area contributed by atoms with Crippen molar-refractivity contribution in [2.45, 2.75) is 57.9 Å². The average Bonchev–Trinajstić information content (AvgIpc) is 3.33. The van der Waals surface area contributed by atoms with Gasteiger partial charge in [0.15, 0.2) is 0 Å². The van der Waals surface area contributed by atoms with E-state index in [9.17, 15) is 13.2 Å². The molecule has 4 aromatic rings. The van der Waals surface area contributed by atoms with Crippen molar-refractivity contribution in [2.75, 3.05) is 19.6 Å². The third kappa shape index (κ3) is 7.20. The van der Waals surface area contributed by atoms with Gasteiger partial charge in [-0.2, -0.15) is 4.31 Å². The lowest BCUT2D eigenvalue weighted by molar-refractivity contribution is -0.132. The largest absolute Gasteiger partial charge is 0.361 e. The number of nitrogens with zero attached hydrogens (tertiary/aromatic N) is 2. The SMILES string of the molecule is CC(C)CN(CC(=O)N(CCc1c[nH]c2ccccc12)Cc1ccc(C(C)(C)C)cc1)S(=O)(=O)c1ccccc1. The standard InChI is InChI=1S/C33H41N3O3S/c1-25(2)22-36(40(38,39)29-11-7-6-8-12-29)24-32(37)35(23-26-15-17-28(18-16-26)33(3,4)5)20-19-27-21-34-31-14-10-9-13-30(27)31/h6-18,21,25,34H,19-20,22-24H2,1-5H3. The highest BCUT2D eigenvalue weighted by atomic mass is 32.2. The Kier molecular flexibility index (Phi) is 9.16. The predicted octanol–water partition coefficient (Wildman–Crippen LogP) is 6.38. The van der Waals surface area contributed by atoms with Gasteiger partial charge in [0.2, 0.25) is 15.9 Å². The molecule has 0 radical (unpaired) electrons. The molecule has 0 aliphatic carbocycles. The second-order valence-electron chi connectivity index (χ2n) is 11.9. The Morgan fingerprint density at radius 1 is 0.900 bits per heavy atom. The zero-order valence-corrected chi connectivity index (χ0v) is 25.0. The first-order chi connectivity index (χ1) is 18.9. The third-order valence-corrected chi connectivity index (χ3v) is 8.96. The van der Waals surface area contributed by atoms with E-state index in [2.05, 4.69) is 56.1 Å². The molecule has 0 saturated heterocycles. The maximum Gasteiger partial charge on any atom is 0.243 e. The van der Waals surface area contributed by atoms with Crippen molar-refractivity contribution < 1.29 is 13.2 Å². The van der Waals surface area contributed by atoms with Crippen LogP contribution in [-0.4, -0.2) is 48.1 Å². The Balaban J connectivity index is 1.60. The van der Waals surface area contributed by atoms with Crippen LogP contribution in [0.1, 0.15) is 51.3 Å². The number of sulfonamides is 1. The second kappa shape index (κ2) is 12.4. The van der Waals surface area contributed by atoms with Crippen LogP contribution in [-0.2, 0) is 33.2 Å². The lowest BCUT2D eigenvalue weighted by Crippen LogP contribution is -2.44. The average molecular weight is 560 g/mol. The van der Waals surface area contributed by atoms with E-state index in [4.69, 9.17) is 0 Å².